The van der Waals surface area contributed by atoms with Gasteiger partial charge in [-0.2, -0.15) is 0 Å². The third kappa shape index (κ3) is 5.26. The molecule has 2 amide bonds. The number of ether oxygens (including phenoxy) is 1. The summed E-state index contributed by atoms with van der Waals surface area (Å²) in [6.07, 6.45) is 1.59. The van der Waals surface area contributed by atoms with E-state index >= 15 is 0 Å². The summed E-state index contributed by atoms with van der Waals surface area (Å²) in [5.41, 5.74) is 1.44. The van der Waals surface area contributed by atoms with Crippen molar-refractivity contribution in [2.45, 2.75) is 6.54 Å². The molecule has 2 aliphatic rings. The van der Waals surface area contributed by atoms with Gasteiger partial charge in [0.1, 0.15) is 5.76 Å². The first-order valence-electron chi connectivity index (χ1n) is 9.41. The molecule has 0 unspecified atom stereocenters. The predicted molar refractivity (Wildman–Crippen MR) is 111 cm³/mol. The van der Waals surface area contributed by atoms with Crippen LogP contribution in [0, 0.1) is 0 Å². The third-order valence-electron chi connectivity index (χ3n) is 4.60. The Morgan fingerprint density at radius 3 is 2.69 bits per heavy atom. The molecule has 1 aromatic carbocycles. The largest absolute Gasteiger partial charge is 0.467 e. The number of amides is 2. The van der Waals surface area contributed by atoms with Crippen molar-refractivity contribution < 1.29 is 18.7 Å². The van der Waals surface area contributed by atoms with E-state index in [1.807, 2.05) is 30.3 Å². The molecule has 2 fully saturated rings. The molecule has 8 nitrogen and oxygen atoms in total. The van der Waals surface area contributed by atoms with E-state index in [2.05, 4.69) is 15.2 Å². The molecule has 1 N–H and O–H groups in total. The lowest BCUT2D eigenvalue weighted by Crippen LogP contribution is -2.41. The van der Waals surface area contributed by atoms with Gasteiger partial charge in [-0.25, -0.2) is 4.99 Å². The van der Waals surface area contributed by atoms with Gasteiger partial charge in [-0.1, -0.05) is 11.8 Å². The van der Waals surface area contributed by atoms with E-state index in [1.165, 1.54) is 11.8 Å². The van der Waals surface area contributed by atoms with Gasteiger partial charge in [-0.05, 0) is 36.4 Å². The molecule has 0 radical (unpaired) electrons. The highest BCUT2D eigenvalue weighted by atomic mass is 32.2. The van der Waals surface area contributed by atoms with Crippen LogP contribution in [0.25, 0.3) is 0 Å². The molecule has 0 spiro atoms. The van der Waals surface area contributed by atoms with Crippen molar-refractivity contribution in [1.29, 1.82) is 0 Å². The second-order valence-corrected chi connectivity index (χ2v) is 7.67. The SMILES string of the molecule is O=C(CN1CCOCC1)Nc1ccc(N=C2SCC(=O)N2Cc2ccco2)cc1. The van der Waals surface area contributed by atoms with Crippen LogP contribution >= 0.6 is 11.8 Å². The predicted octanol–water partition coefficient (Wildman–Crippen LogP) is 2.31. The molecule has 4 rings (SSSR count). The highest BCUT2D eigenvalue weighted by molar-refractivity contribution is 8.15. The zero-order chi connectivity index (χ0) is 20.1. The molecule has 0 bridgehead atoms. The number of amidine groups is 1. The maximum absolute atomic E-state index is 12.2. The number of anilines is 1. The number of thioether (sulfide) groups is 1. The Morgan fingerprint density at radius 2 is 1.97 bits per heavy atom. The highest BCUT2D eigenvalue weighted by Crippen LogP contribution is 2.26. The number of furan rings is 1. The summed E-state index contributed by atoms with van der Waals surface area (Å²) in [5, 5.41) is 3.55. The Bertz CT molecular complexity index is 876. The minimum Gasteiger partial charge on any atom is -0.467 e. The number of carbonyl (C=O) groups is 2. The fourth-order valence-electron chi connectivity index (χ4n) is 3.09. The van der Waals surface area contributed by atoms with E-state index in [4.69, 9.17) is 9.15 Å². The van der Waals surface area contributed by atoms with Crippen LogP contribution in [0.4, 0.5) is 11.4 Å². The van der Waals surface area contributed by atoms with Gasteiger partial charge >= 0.3 is 0 Å². The Hall–Kier alpha value is -2.62. The van der Waals surface area contributed by atoms with Crippen molar-refractivity contribution in [3.8, 4) is 0 Å². The summed E-state index contributed by atoms with van der Waals surface area (Å²) in [6.45, 7) is 3.60. The van der Waals surface area contributed by atoms with Crippen LogP contribution in [0.3, 0.4) is 0 Å². The number of rotatable bonds is 6. The summed E-state index contributed by atoms with van der Waals surface area (Å²) >= 11 is 1.41. The van der Waals surface area contributed by atoms with Crippen molar-refractivity contribution in [3.05, 3.63) is 48.4 Å². The summed E-state index contributed by atoms with van der Waals surface area (Å²) < 4.78 is 10.6. The topological polar surface area (TPSA) is 87.4 Å². The first-order chi connectivity index (χ1) is 14.2. The van der Waals surface area contributed by atoms with Crippen molar-refractivity contribution in [2.75, 3.05) is 43.9 Å². The molecular weight excluding hydrogens is 392 g/mol. The van der Waals surface area contributed by atoms with Crippen molar-refractivity contribution in [1.82, 2.24) is 9.80 Å². The number of morpholine rings is 1. The normalized spacial score (nSPS) is 19.1. The summed E-state index contributed by atoms with van der Waals surface area (Å²) in [4.78, 5) is 32.7. The molecule has 2 aliphatic heterocycles. The number of hydrogen-bond acceptors (Lipinski definition) is 7. The van der Waals surface area contributed by atoms with Gasteiger partial charge in [0.2, 0.25) is 11.8 Å². The van der Waals surface area contributed by atoms with Crippen LogP contribution in [0.2, 0.25) is 0 Å². The number of hydrogen-bond donors (Lipinski definition) is 1. The molecule has 1 aromatic heterocycles. The van der Waals surface area contributed by atoms with E-state index in [0.29, 0.717) is 43.0 Å². The number of carbonyl (C=O) groups excluding carboxylic acids is 2. The minimum absolute atomic E-state index is 0.0112. The molecule has 3 heterocycles. The first-order valence-corrected chi connectivity index (χ1v) is 10.4. The minimum atomic E-state index is -0.0486. The highest BCUT2D eigenvalue weighted by Gasteiger charge is 2.29. The molecular formula is C20H22N4O4S. The monoisotopic (exact) mass is 414 g/mol. The van der Waals surface area contributed by atoms with Crippen LogP contribution in [0.15, 0.2) is 52.1 Å². The molecule has 29 heavy (non-hydrogen) atoms. The Morgan fingerprint density at radius 1 is 1.17 bits per heavy atom. The third-order valence-corrected chi connectivity index (χ3v) is 5.56. The van der Waals surface area contributed by atoms with E-state index < -0.39 is 0 Å². The van der Waals surface area contributed by atoms with Crippen LogP contribution in [0.5, 0.6) is 0 Å². The van der Waals surface area contributed by atoms with Crippen molar-refractivity contribution in [3.63, 3.8) is 0 Å². The number of benzene rings is 1. The molecule has 0 saturated carbocycles. The molecule has 2 aromatic rings. The second-order valence-electron chi connectivity index (χ2n) is 6.73. The van der Waals surface area contributed by atoms with Gasteiger partial charge in [0.25, 0.3) is 0 Å². The van der Waals surface area contributed by atoms with E-state index in [0.717, 1.165) is 24.5 Å². The number of nitrogens with one attached hydrogen (secondary N) is 1. The van der Waals surface area contributed by atoms with E-state index in [9.17, 15) is 9.59 Å². The zero-order valence-electron chi connectivity index (χ0n) is 15.9. The molecule has 152 valence electrons. The fourth-order valence-corrected chi connectivity index (χ4v) is 3.99. The van der Waals surface area contributed by atoms with Crippen LogP contribution in [0.1, 0.15) is 5.76 Å². The smallest absolute Gasteiger partial charge is 0.239 e. The Kier molecular flexibility index (Phi) is 6.28. The Balaban J connectivity index is 1.36. The average molecular weight is 414 g/mol. The summed E-state index contributed by atoms with van der Waals surface area (Å²) in [7, 11) is 0. The fraction of sp³-hybridized carbons (Fsp3) is 0.350. The summed E-state index contributed by atoms with van der Waals surface area (Å²) in [6, 6.07) is 10.9. The quantitative estimate of drug-likeness (QED) is 0.781. The van der Waals surface area contributed by atoms with Crippen molar-refractivity contribution >= 4 is 40.1 Å². The van der Waals surface area contributed by atoms with Gasteiger partial charge in [0.05, 0.1) is 44.0 Å². The molecule has 9 heteroatoms. The lowest BCUT2D eigenvalue weighted by Gasteiger charge is -2.25. The lowest BCUT2D eigenvalue weighted by molar-refractivity contribution is -0.124. The van der Waals surface area contributed by atoms with Gasteiger partial charge in [-0.3, -0.25) is 19.4 Å². The zero-order valence-corrected chi connectivity index (χ0v) is 16.7. The van der Waals surface area contributed by atoms with Crippen LogP contribution < -0.4 is 5.32 Å². The van der Waals surface area contributed by atoms with Gasteiger partial charge in [-0.15, -0.1) is 0 Å². The van der Waals surface area contributed by atoms with Gasteiger partial charge in [0.15, 0.2) is 5.17 Å². The maximum Gasteiger partial charge on any atom is 0.239 e. The average Bonchev–Trinajstić information content (AvgIpc) is 3.36. The molecule has 2 saturated heterocycles. The Labute approximate surface area is 172 Å². The second kappa shape index (κ2) is 9.25. The van der Waals surface area contributed by atoms with Gasteiger partial charge in [0, 0.05) is 18.8 Å². The molecule has 0 aliphatic carbocycles. The molecule has 0 atom stereocenters. The van der Waals surface area contributed by atoms with Gasteiger partial charge < -0.3 is 14.5 Å². The lowest BCUT2D eigenvalue weighted by atomic mass is 10.3. The van der Waals surface area contributed by atoms with Crippen molar-refractivity contribution in [2.24, 2.45) is 4.99 Å². The first kappa shape index (κ1) is 19.7. The van der Waals surface area contributed by atoms with Crippen LogP contribution in [-0.4, -0.2) is 65.4 Å². The standard InChI is InChI=1S/C20H22N4O4S/c25-18(13-23-7-10-27-11-8-23)21-15-3-5-16(6-4-15)22-20-24(19(26)14-29-20)12-17-2-1-9-28-17/h1-6,9H,7-8,10-14H2,(H,21,25). The maximum atomic E-state index is 12.2. The number of aliphatic imine (C=N–C) groups is 1. The van der Waals surface area contributed by atoms with E-state index in [-0.39, 0.29) is 11.8 Å². The van der Waals surface area contributed by atoms with Crippen LogP contribution in [-0.2, 0) is 20.9 Å². The summed E-state index contributed by atoms with van der Waals surface area (Å²) in [5.74, 6) is 1.05. The van der Waals surface area contributed by atoms with E-state index in [1.54, 1.807) is 17.2 Å². The number of nitrogens with zero attached hydrogens (tertiary/aromatic N) is 3.